The van der Waals surface area contributed by atoms with Crippen LogP contribution in [0, 0.1) is 20.8 Å². The molecule has 0 amide bonds. The molecule has 0 fully saturated rings. The molecule has 0 unspecified atom stereocenters. The van der Waals surface area contributed by atoms with Gasteiger partial charge in [-0.2, -0.15) is 0 Å². The van der Waals surface area contributed by atoms with Gasteiger partial charge in [0.05, 0.1) is 11.2 Å². The van der Waals surface area contributed by atoms with Crippen molar-refractivity contribution in [2.24, 2.45) is 5.84 Å². The second-order valence-electron chi connectivity index (χ2n) is 4.58. The molecule has 0 radical (unpaired) electrons. The summed E-state index contributed by atoms with van der Waals surface area (Å²) >= 11 is 3.63. The van der Waals surface area contributed by atoms with E-state index in [0.717, 1.165) is 38.7 Å². The molecule has 2 aromatic rings. The SMILES string of the molecule is CCc1nc2cc(C)c(Br)c(C)c2c(NN)c1C. The van der Waals surface area contributed by atoms with Crippen LogP contribution in [0.5, 0.6) is 0 Å². The Morgan fingerprint density at radius 2 is 1.94 bits per heavy atom. The Balaban J connectivity index is 2.98. The molecule has 0 spiro atoms. The zero-order valence-corrected chi connectivity index (χ0v) is 12.8. The third kappa shape index (κ3) is 1.89. The van der Waals surface area contributed by atoms with E-state index in [2.05, 4.69) is 55.1 Å². The average Bonchev–Trinajstić information content (AvgIpc) is 2.36. The smallest absolute Gasteiger partial charge is 0.0732 e. The Labute approximate surface area is 116 Å². The van der Waals surface area contributed by atoms with Crippen molar-refractivity contribution in [3.63, 3.8) is 0 Å². The van der Waals surface area contributed by atoms with E-state index in [4.69, 9.17) is 10.8 Å². The highest BCUT2D eigenvalue weighted by atomic mass is 79.9. The van der Waals surface area contributed by atoms with Gasteiger partial charge >= 0.3 is 0 Å². The summed E-state index contributed by atoms with van der Waals surface area (Å²) in [6, 6.07) is 2.10. The van der Waals surface area contributed by atoms with Crippen molar-refractivity contribution in [2.45, 2.75) is 34.1 Å². The number of pyridine rings is 1. The van der Waals surface area contributed by atoms with Gasteiger partial charge in [0.2, 0.25) is 0 Å². The van der Waals surface area contributed by atoms with Crippen LogP contribution in [0.1, 0.15) is 29.3 Å². The van der Waals surface area contributed by atoms with E-state index >= 15 is 0 Å². The van der Waals surface area contributed by atoms with Gasteiger partial charge in [0, 0.05) is 15.6 Å². The first-order valence-electron chi connectivity index (χ1n) is 6.06. The normalized spacial score (nSPS) is 11.0. The van der Waals surface area contributed by atoms with Gasteiger partial charge in [-0.1, -0.05) is 22.9 Å². The van der Waals surface area contributed by atoms with Gasteiger partial charge in [0.25, 0.3) is 0 Å². The van der Waals surface area contributed by atoms with Crippen LogP contribution >= 0.6 is 15.9 Å². The quantitative estimate of drug-likeness (QED) is 0.656. The second-order valence-corrected chi connectivity index (χ2v) is 5.38. The molecule has 0 saturated heterocycles. The molecule has 3 N–H and O–H groups in total. The van der Waals surface area contributed by atoms with Crippen LogP contribution < -0.4 is 11.3 Å². The van der Waals surface area contributed by atoms with Gasteiger partial charge in [-0.25, -0.2) is 0 Å². The number of rotatable bonds is 2. The molecule has 0 atom stereocenters. The van der Waals surface area contributed by atoms with Crippen LogP contribution in [0.15, 0.2) is 10.5 Å². The van der Waals surface area contributed by atoms with Crippen molar-refractivity contribution in [3.05, 3.63) is 32.9 Å². The lowest BCUT2D eigenvalue weighted by Crippen LogP contribution is -2.11. The largest absolute Gasteiger partial charge is 0.323 e. The number of hydrazine groups is 1. The topological polar surface area (TPSA) is 50.9 Å². The summed E-state index contributed by atoms with van der Waals surface area (Å²) in [4.78, 5) is 4.75. The van der Waals surface area contributed by atoms with Crippen LogP contribution in [0.4, 0.5) is 5.69 Å². The number of nitrogens with zero attached hydrogens (tertiary/aromatic N) is 1. The number of halogens is 1. The number of hydrogen-bond donors (Lipinski definition) is 2. The van der Waals surface area contributed by atoms with Crippen molar-refractivity contribution in [2.75, 3.05) is 5.43 Å². The van der Waals surface area contributed by atoms with E-state index in [0.29, 0.717) is 0 Å². The summed E-state index contributed by atoms with van der Waals surface area (Å²) in [7, 11) is 0. The van der Waals surface area contributed by atoms with Crippen molar-refractivity contribution in [1.29, 1.82) is 0 Å². The number of benzene rings is 1. The van der Waals surface area contributed by atoms with Gasteiger partial charge in [-0.05, 0) is 49.9 Å². The lowest BCUT2D eigenvalue weighted by molar-refractivity contribution is 1.03. The molecule has 0 aliphatic heterocycles. The van der Waals surface area contributed by atoms with Crippen LogP contribution in [-0.2, 0) is 6.42 Å². The van der Waals surface area contributed by atoms with Crippen molar-refractivity contribution >= 4 is 32.5 Å². The van der Waals surface area contributed by atoms with Crippen LogP contribution in [0.2, 0.25) is 0 Å². The average molecular weight is 308 g/mol. The fourth-order valence-electron chi connectivity index (χ4n) is 2.43. The standard InChI is InChI=1S/C14H18BrN3/c1-5-10-8(3)14(18-16)12-9(4)13(15)7(2)6-11(12)17-10/h6H,5,16H2,1-4H3,(H,17,18). The Bertz CT molecular complexity index is 620. The molecule has 96 valence electrons. The molecule has 0 saturated carbocycles. The van der Waals surface area contributed by atoms with Gasteiger partial charge < -0.3 is 5.43 Å². The molecule has 1 heterocycles. The first kappa shape index (κ1) is 13.3. The fraction of sp³-hybridized carbons (Fsp3) is 0.357. The van der Waals surface area contributed by atoms with Gasteiger partial charge in [0.1, 0.15) is 0 Å². The first-order chi connectivity index (χ1) is 8.51. The first-order valence-corrected chi connectivity index (χ1v) is 6.86. The summed E-state index contributed by atoms with van der Waals surface area (Å²) in [6.45, 7) is 8.35. The molecule has 3 nitrogen and oxygen atoms in total. The van der Waals surface area contributed by atoms with E-state index in [-0.39, 0.29) is 0 Å². The monoisotopic (exact) mass is 307 g/mol. The van der Waals surface area contributed by atoms with Crippen LogP contribution in [-0.4, -0.2) is 4.98 Å². The zero-order chi connectivity index (χ0) is 13.4. The summed E-state index contributed by atoms with van der Waals surface area (Å²) in [5.41, 5.74) is 9.42. The highest BCUT2D eigenvalue weighted by molar-refractivity contribution is 9.10. The van der Waals surface area contributed by atoms with Gasteiger partial charge in [-0.15, -0.1) is 0 Å². The molecule has 0 aliphatic carbocycles. The third-order valence-electron chi connectivity index (χ3n) is 3.45. The van der Waals surface area contributed by atoms with E-state index in [1.54, 1.807) is 0 Å². The Morgan fingerprint density at radius 3 is 2.50 bits per heavy atom. The fourth-order valence-corrected chi connectivity index (χ4v) is 2.74. The Kier molecular flexibility index (Phi) is 3.59. The number of anilines is 1. The second kappa shape index (κ2) is 4.86. The van der Waals surface area contributed by atoms with Crippen molar-refractivity contribution in [1.82, 2.24) is 4.98 Å². The summed E-state index contributed by atoms with van der Waals surface area (Å²) in [5, 5.41) is 1.10. The van der Waals surface area contributed by atoms with Gasteiger partial charge in [0.15, 0.2) is 0 Å². The number of aryl methyl sites for hydroxylation is 3. The lowest BCUT2D eigenvalue weighted by Gasteiger charge is -2.16. The number of nitrogens with one attached hydrogen (secondary N) is 1. The summed E-state index contributed by atoms with van der Waals surface area (Å²) < 4.78 is 1.12. The molecule has 1 aromatic heterocycles. The molecule has 1 aromatic carbocycles. The molecule has 0 bridgehead atoms. The van der Waals surface area contributed by atoms with E-state index in [9.17, 15) is 0 Å². The molecule has 4 heteroatoms. The molecule has 18 heavy (non-hydrogen) atoms. The minimum atomic E-state index is 0.907. The maximum Gasteiger partial charge on any atom is 0.0732 e. The number of aromatic nitrogens is 1. The summed E-state index contributed by atoms with van der Waals surface area (Å²) in [6.07, 6.45) is 0.907. The summed E-state index contributed by atoms with van der Waals surface area (Å²) in [5.74, 6) is 5.70. The number of hydrogen-bond acceptors (Lipinski definition) is 3. The van der Waals surface area contributed by atoms with Crippen molar-refractivity contribution in [3.8, 4) is 0 Å². The molecular formula is C14H18BrN3. The third-order valence-corrected chi connectivity index (χ3v) is 4.67. The van der Waals surface area contributed by atoms with Crippen LogP contribution in [0.25, 0.3) is 10.9 Å². The van der Waals surface area contributed by atoms with Gasteiger partial charge in [-0.3, -0.25) is 10.8 Å². The molecule has 2 rings (SSSR count). The van der Waals surface area contributed by atoms with Crippen molar-refractivity contribution < 1.29 is 0 Å². The van der Waals surface area contributed by atoms with E-state index in [1.165, 1.54) is 11.1 Å². The predicted molar refractivity (Wildman–Crippen MR) is 80.8 cm³/mol. The highest BCUT2D eigenvalue weighted by Gasteiger charge is 2.14. The Hall–Kier alpha value is -1.13. The predicted octanol–water partition coefficient (Wildman–Crippen LogP) is 3.77. The zero-order valence-electron chi connectivity index (χ0n) is 11.2. The number of fused-ring (bicyclic) bond motifs is 1. The number of nitrogens with two attached hydrogens (primary N) is 1. The minimum Gasteiger partial charge on any atom is -0.323 e. The maximum atomic E-state index is 5.70. The number of nitrogen functional groups attached to an aromatic ring is 1. The van der Waals surface area contributed by atoms with Crippen LogP contribution in [0.3, 0.4) is 0 Å². The van der Waals surface area contributed by atoms with E-state index in [1.807, 2.05) is 0 Å². The molecule has 0 aliphatic rings. The highest BCUT2D eigenvalue weighted by Crippen LogP contribution is 2.35. The maximum absolute atomic E-state index is 5.70. The molecular weight excluding hydrogens is 290 g/mol. The lowest BCUT2D eigenvalue weighted by atomic mass is 10.00. The van der Waals surface area contributed by atoms with E-state index < -0.39 is 0 Å². The Morgan fingerprint density at radius 1 is 1.28 bits per heavy atom. The minimum absolute atomic E-state index is 0.907.